The number of aromatic amines is 1. The molecule has 440 valence electrons. The highest BCUT2D eigenvalue weighted by molar-refractivity contribution is 8.76. The molecule has 3 aliphatic rings. The lowest BCUT2D eigenvalue weighted by atomic mass is 10.0. The normalized spacial score (nSPS) is 25.8. The molecular formula is C39H52N10O13P2S15Si. The minimum atomic E-state index is -5.01. The molecule has 10 atom stereocenters. The van der Waals surface area contributed by atoms with E-state index in [1.54, 1.807) is 149 Å². The number of hydrogen-bond acceptors (Lipinski definition) is 19. The van der Waals surface area contributed by atoms with Gasteiger partial charge in [-0.05, 0) is 30.3 Å². The number of anilines is 2. The zero-order chi connectivity index (χ0) is 58.0. The predicted molar refractivity (Wildman–Crippen MR) is 346 cm³/mol. The fourth-order valence-electron chi connectivity index (χ4n) is 7.52. The van der Waals surface area contributed by atoms with Gasteiger partial charge in [-0.15, -0.1) is 0 Å². The fraction of sp³-hybridized carbons (Fsp3) is 0.538. The van der Waals surface area contributed by atoms with Crippen LogP contribution in [0.15, 0.2) is 54.1 Å². The summed E-state index contributed by atoms with van der Waals surface area (Å²) in [6, 6.07) is 8.53. The van der Waals surface area contributed by atoms with Crippen molar-refractivity contribution in [1.82, 2.24) is 39.0 Å². The molecule has 0 spiro atoms. The quantitative estimate of drug-likeness (QED) is 0.113. The highest BCUT2D eigenvalue weighted by Crippen LogP contribution is 2.56. The van der Waals surface area contributed by atoms with E-state index in [2.05, 4.69) is 40.5 Å². The van der Waals surface area contributed by atoms with Gasteiger partial charge in [-0.2, -0.15) is 4.98 Å². The average Bonchev–Trinajstić information content (AvgIpc) is 4.26. The molecule has 0 aliphatic carbocycles. The number of aromatic nitrogens is 8. The van der Waals surface area contributed by atoms with E-state index in [1.165, 1.54) is 52.5 Å². The molecule has 3 fully saturated rings. The van der Waals surface area contributed by atoms with Crippen molar-refractivity contribution < 1.29 is 55.6 Å². The molecule has 0 saturated carbocycles. The lowest BCUT2D eigenvalue weighted by Gasteiger charge is -2.40. The minimum absolute atomic E-state index is 0.0199. The Morgan fingerprint density at radius 2 is 1.36 bits per heavy atom. The van der Waals surface area contributed by atoms with Gasteiger partial charge in [0.2, 0.25) is 11.9 Å². The van der Waals surface area contributed by atoms with Crippen molar-refractivity contribution in [3.05, 3.63) is 65.2 Å². The van der Waals surface area contributed by atoms with Gasteiger partial charge in [-0.1, -0.05) is 59.7 Å². The van der Waals surface area contributed by atoms with Crippen molar-refractivity contribution >= 4 is 207 Å². The number of phosphoric acid groups is 1. The summed E-state index contributed by atoms with van der Waals surface area (Å²) in [7, 11) is 9.82. The van der Waals surface area contributed by atoms with Gasteiger partial charge in [0.25, 0.3) is 11.5 Å². The largest absolute Gasteiger partial charge is 0.472 e. The Bertz CT molecular complexity index is 3870. The summed E-state index contributed by atoms with van der Waals surface area (Å²) in [6.45, 7) is 15.4. The lowest BCUT2D eigenvalue weighted by molar-refractivity contribution is -0.118. The molecule has 4 N–H and O–H groups in total. The number of ether oxygens (including phenoxy) is 2. The second kappa shape index (κ2) is 29.9. The van der Waals surface area contributed by atoms with Crippen LogP contribution >= 0.6 is 15.4 Å². The number of H-pyrrole nitrogens is 1. The van der Waals surface area contributed by atoms with Crippen LogP contribution in [0.1, 0.15) is 64.4 Å². The Morgan fingerprint density at radius 3 is 1.96 bits per heavy atom. The molecule has 0 radical (unpaired) electrons. The van der Waals surface area contributed by atoms with Crippen LogP contribution < -0.4 is 16.2 Å². The average molecular weight is 1440 g/mol. The SMILES string of the molecule is CC(C)C(=O)Nc1nc2c(ncn2[C@@H]2O[C@@H]3COP(=O)(O)OC4[C@@H](C)[C@@H](COP(C)(=O)O[C@H]2C3O[Si](C)(C)C(C)(C)C)O[C@H]4n2cnc3c(NC(=O)c4ccccc4)ncnc32)c(=O)[nH]1.S=S=S=S=S=S=S=S=S=S=S=S=S=S=S. The Labute approximate surface area is 506 Å². The van der Waals surface area contributed by atoms with Crippen LogP contribution in [-0.2, 0) is 184 Å². The first-order valence-electron chi connectivity index (χ1n) is 23.2. The van der Waals surface area contributed by atoms with E-state index in [-0.39, 0.29) is 45.7 Å². The molecule has 4 aromatic heterocycles. The van der Waals surface area contributed by atoms with Gasteiger partial charge in [0, 0.05) is 162 Å². The summed E-state index contributed by atoms with van der Waals surface area (Å²) in [5, 5.41) is 4.97. The number of carbonyl (C=O) groups excluding carboxylic acids is 2. The molecule has 23 nitrogen and oxygen atoms in total. The number of phosphoric ester groups is 1. The van der Waals surface area contributed by atoms with Gasteiger partial charge >= 0.3 is 15.4 Å². The number of benzene rings is 1. The number of rotatable bonds is 8. The summed E-state index contributed by atoms with van der Waals surface area (Å²) in [6.07, 6.45) is -4.31. The summed E-state index contributed by atoms with van der Waals surface area (Å²) in [5.74, 6) is -2.02. The van der Waals surface area contributed by atoms with Crippen LogP contribution in [0.4, 0.5) is 11.8 Å². The number of nitrogens with zero attached hydrogens (tertiary/aromatic N) is 7. The van der Waals surface area contributed by atoms with Crippen LogP contribution in [-0.4, -0.2) is 114 Å². The molecule has 7 heterocycles. The molecule has 3 saturated heterocycles. The van der Waals surface area contributed by atoms with Crippen molar-refractivity contribution in [2.24, 2.45) is 11.8 Å². The summed E-state index contributed by atoms with van der Waals surface area (Å²) >= 11 is 9.45. The van der Waals surface area contributed by atoms with E-state index in [0.29, 0.717) is 5.56 Å². The van der Waals surface area contributed by atoms with Crippen molar-refractivity contribution in [2.45, 2.75) is 103 Å². The lowest BCUT2D eigenvalue weighted by Crippen LogP contribution is -2.50. The number of imidazole rings is 2. The van der Waals surface area contributed by atoms with Crippen LogP contribution in [0.25, 0.3) is 22.3 Å². The van der Waals surface area contributed by atoms with Crippen LogP contribution in [0, 0.1) is 11.8 Å². The molecule has 4 unspecified atom stereocenters. The smallest absolute Gasteiger partial charge is 0.408 e. The Kier molecular flexibility index (Phi) is 24.7. The number of amides is 2. The summed E-state index contributed by atoms with van der Waals surface area (Å²) in [5.41, 5.74) is 0.00690. The maximum absolute atomic E-state index is 14.6. The molecule has 3 aliphatic heterocycles. The standard InChI is InChI=1S/C39H52N10O13P2Si.S15/c1-20(2)33(50)46-38-45-32-26(35(52)47-38)43-19-49(32)37-29-28(62-65(8,9)39(4,5)6)24(59-37)16-57-64(54,55)61-27-21(3)23(15-56-63(7,53)60-29)58-36(27)48-18-42-25-30(40-17-41-31(25)48)44-34(51)22-13-11-10-12-14-22;1-3-5-7-9-11-13-15-14-12-10-8-6-4-2/h10-14,17-21,23-24,27-29,36-37H,15-16H2,1-9H3,(H,54,55)(H,40,41,44,51)(H2,45,46,47,50,52);/t21-,23+,24+,27?,28?,29-,36+,37+,63?;/m0./s1. The van der Waals surface area contributed by atoms with Crippen LogP contribution in [0.3, 0.4) is 0 Å². The van der Waals surface area contributed by atoms with Gasteiger partial charge in [-0.3, -0.25) is 52.0 Å². The maximum atomic E-state index is 14.6. The first kappa shape index (κ1) is 66.2. The summed E-state index contributed by atoms with van der Waals surface area (Å²) < 4.78 is 75.8. The van der Waals surface area contributed by atoms with Gasteiger partial charge in [0.05, 0.1) is 32.0 Å². The highest BCUT2D eigenvalue weighted by Gasteiger charge is 2.56. The zero-order valence-electron chi connectivity index (χ0n) is 43.2. The fourth-order valence-corrected chi connectivity index (χ4v) is 41.2. The number of nitrogens with one attached hydrogen (secondary N) is 3. The number of hydrogen-bond donors (Lipinski definition) is 4. The topological polar surface area (TPSA) is 284 Å². The summed E-state index contributed by atoms with van der Waals surface area (Å²) in [4.78, 5) is 74.7. The van der Waals surface area contributed by atoms with Gasteiger partial charge in [0.15, 0.2) is 48.9 Å². The van der Waals surface area contributed by atoms with E-state index in [0.717, 1.165) is 0 Å². The highest BCUT2D eigenvalue weighted by atomic mass is 33.5. The molecule has 5 aromatic rings. The monoisotopic (exact) mass is 1440 g/mol. The van der Waals surface area contributed by atoms with E-state index in [4.69, 9.17) is 54.4 Å². The molecule has 41 heteroatoms. The van der Waals surface area contributed by atoms with E-state index >= 15 is 0 Å². The zero-order valence-corrected chi connectivity index (χ0v) is 58.3. The minimum Gasteiger partial charge on any atom is -0.408 e. The van der Waals surface area contributed by atoms with E-state index < -0.39 is 103 Å². The Balaban J connectivity index is 0.000000539. The first-order chi connectivity index (χ1) is 37.9. The van der Waals surface area contributed by atoms with Crippen molar-refractivity contribution in [2.75, 3.05) is 30.5 Å². The van der Waals surface area contributed by atoms with Gasteiger partial charge < -0.3 is 28.6 Å². The molecule has 80 heavy (non-hydrogen) atoms. The van der Waals surface area contributed by atoms with Crippen LogP contribution in [0.2, 0.25) is 18.1 Å². The second-order valence-corrected chi connectivity index (χ2v) is 50.1. The first-order valence-corrected chi connectivity index (χ1v) is 48.3. The van der Waals surface area contributed by atoms with E-state index in [9.17, 15) is 28.4 Å². The maximum Gasteiger partial charge on any atom is 0.472 e. The third-order valence-corrected chi connectivity index (χ3v) is 45.7. The molecule has 4 bridgehead atoms. The van der Waals surface area contributed by atoms with Crippen molar-refractivity contribution in [1.29, 1.82) is 0 Å². The molecule has 2 amide bonds. The second-order valence-electron chi connectivity index (χ2n) is 18.9. The van der Waals surface area contributed by atoms with Crippen LogP contribution in [0.5, 0.6) is 0 Å². The third kappa shape index (κ3) is 17.5. The number of fused-ring (bicyclic) bond motifs is 6. The number of carbonyl (C=O) groups is 2. The third-order valence-electron chi connectivity index (χ3n) is 12.4. The van der Waals surface area contributed by atoms with Crippen molar-refractivity contribution in [3.63, 3.8) is 0 Å². The predicted octanol–water partition coefficient (Wildman–Crippen LogP) is 5.33. The van der Waals surface area contributed by atoms with E-state index in [1.807, 2.05) is 33.9 Å². The Morgan fingerprint density at radius 1 is 0.800 bits per heavy atom. The molecule has 1 aromatic carbocycles. The van der Waals surface area contributed by atoms with Crippen molar-refractivity contribution in [3.8, 4) is 0 Å². The molecular weight excluding hydrogens is 1390 g/mol. The van der Waals surface area contributed by atoms with Gasteiger partial charge in [0.1, 0.15) is 30.7 Å². The molecule has 8 rings (SSSR count). The Hall–Kier alpha value is -1.28. The van der Waals surface area contributed by atoms with Gasteiger partial charge in [-0.25, -0.2) is 24.5 Å².